The summed E-state index contributed by atoms with van der Waals surface area (Å²) in [6.07, 6.45) is 2.89. The average Bonchev–Trinajstić information content (AvgIpc) is 2.88. The van der Waals surface area contributed by atoms with E-state index in [9.17, 15) is 14.4 Å². The van der Waals surface area contributed by atoms with Gasteiger partial charge in [0.25, 0.3) is 5.56 Å². The lowest BCUT2D eigenvalue weighted by Crippen LogP contribution is -2.40. The van der Waals surface area contributed by atoms with Gasteiger partial charge in [0.05, 0.1) is 25.4 Å². The summed E-state index contributed by atoms with van der Waals surface area (Å²) >= 11 is 0. The molecule has 0 radical (unpaired) electrons. The van der Waals surface area contributed by atoms with Crippen LogP contribution in [0.25, 0.3) is 0 Å². The minimum absolute atomic E-state index is 0.279. The molecule has 0 unspecified atom stereocenters. The predicted molar refractivity (Wildman–Crippen MR) is 136 cm³/mol. The van der Waals surface area contributed by atoms with Crippen molar-refractivity contribution < 1.29 is 14.3 Å². The van der Waals surface area contributed by atoms with Crippen LogP contribution in [0.1, 0.15) is 28.4 Å². The van der Waals surface area contributed by atoms with Crippen molar-refractivity contribution in [2.24, 2.45) is 0 Å². The van der Waals surface area contributed by atoms with Gasteiger partial charge in [-0.1, -0.05) is 29.8 Å². The first-order valence-electron chi connectivity index (χ1n) is 11.4. The fraction of sp³-hybridized carbons (Fsp3) is 0.185. The molecular weight excluding hydrogens is 460 g/mol. The van der Waals surface area contributed by atoms with Crippen LogP contribution >= 0.6 is 0 Å². The number of nitrogens with zero attached hydrogens (tertiary/aromatic N) is 3. The van der Waals surface area contributed by atoms with Crippen LogP contribution in [0.5, 0.6) is 11.5 Å². The molecule has 0 aliphatic heterocycles. The molecule has 0 aliphatic carbocycles. The van der Waals surface area contributed by atoms with Crippen LogP contribution in [-0.4, -0.2) is 27.2 Å². The second kappa shape index (κ2) is 10.7. The number of benzene rings is 2. The van der Waals surface area contributed by atoms with Gasteiger partial charge in [0, 0.05) is 24.5 Å². The maximum Gasteiger partial charge on any atom is 0.339 e. The third-order valence-electron chi connectivity index (χ3n) is 5.55. The van der Waals surface area contributed by atoms with Crippen LogP contribution in [-0.2, 0) is 17.8 Å². The highest BCUT2D eigenvalue weighted by Crippen LogP contribution is 2.24. The van der Waals surface area contributed by atoms with Crippen LogP contribution < -0.4 is 21.3 Å². The summed E-state index contributed by atoms with van der Waals surface area (Å²) < 4.78 is 13.2. The highest BCUT2D eigenvalue weighted by molar-refractivity contribution is 5.89. The largest absolute Gasteiger partial charge is 0.465 e. The standard InChI is InChI=1S/C27H26N4O5/c1-4-30-25(32)14-24(31(27(30)34)17-19-7-5-18(2)6-8-19)29-21-9-11-22(12-10-21)36-23-13-20(15-28-16-23)26(33)35-3/h5-16,29H,4,17H2,1-3H3. The molecule has 0 saturated heterocycles. The van der Waals surface area contributed by atoms with Crippen molar-refractivity contribution in [2.45, 2.75) is 26.9 Å². The fourth-order valence-corrected chi connectivity index (χ4v) is 3.63. The molecule has 9 heteroatoms. The zero-order valence-electron chi connectivity index (χ0n) is 20.2. The molecule has 0 spiro atoms. The van der Waals surface area contributed by atoms with E-state index in [1.165, 1.54) is 36.2 Å². The van der Waals surface area contributed by atoms with Crippen molar-refractivity contribution in [3.8, 4) is 11.5 Å². The van der Waals surface area contributed by atoms with Gasteiger partial charge < -0.3 is 14.8 Å². The Morgan fingerprint density at radius 3 is 2.33 bits per heavy atom. The van der Waals surface area contributed by atoms with E-state index in [4.69, 9.17) is 9.47 Å². The number of ether oxygens (including phenoxy) is 2. The van der Waals surface area contributed by atoms with Crippen molar-refractivity contribution in [1.29, 1.82) is 0 Å². The minimum Gasteiger partial charge on any atom is -0.465 e. The molecule has 9 nitrogen and oxygen atoms in total. The number of carbonyl (C=O) groups is 1. The van der Waals surface area contributed by atoms with Crippen LogP contribution in [0.4, 0.5) is 11.5 Å². The third kappa shape index (κ3) is 5.52. The number of methoxy groups -OCH3 is 1. The summed E-state index contributed by atoms with van der Waals surface area (Å²) in [7, 11) is 1.30. The zero-order chi connectivity index (χ0) is 25.7. The molecule has 184 valence electrons. The summed E-state index contributed by atoms with van der Waals surface area (Å²) in [5.41, 5.74) is 2.25. The maximum absolute atomic E-state index is 13.1. The Hall–Kier alpha value is -4.66. The number of anilines is 2. The second-order valence-electron chi connectivity index (χ2n) is 8.12. The topological polar surface area (TPSA) is 104 Å². The average molecular weight is 487 g/mol. The number of pyridine rings is 1. The van der Waals surface area contributed by atoms with E-state index in [2.05, 4.69) is 10.3 Å². The number of carbonyl (C=O) groups excluding carboxylic acids is 1. The first-order valence-corrected chi connectivity index (χ1v) is 11.4. The Morgan fingerprint density at radius 2 is 1.67 bits per heavy atom. The number of hydrogen-bond acceptors (Lipinski definition) is 7. The molecule has 4 rings (SSSR count). The van der Waals surface area contributed by atoms with Gasteiger partial charge in [-0.15, -0.1) is 0 Å². The molecule has 4 aromatic rings. The predicted octanol–water partition coefficient (Wildman–Crippen LogP) is 4.10. The Bertz CT molecular complexity index is 1490. The normalized spacial score (nSPS) is 10.6. The summed E-state index contributed by atoms with van der Waals surface area (Å²) in [5.74, 6) is 0.782. The van der Waals surface area contributed by atoms with Gasteiger partial charge in [0.2, 0.25) is 0 Å². The van der Waals surface area contributed by atoms with Crippen LogP contribution in [0, 0.1) is 6.92 Å². The fourth-order valence-electron chi connectivity index (χ4n) is 3.63. The monoisotopic (exact) mass is 486 g/mol. The van der Waals surface area contributed by atoms with Crippen molar-refractivity contribution in [3.05, 3.63) is 111 Å². The quantitative estimate of drug-likeness (QED) is 0.374. The van der Waals surface area contributed by atoms with Gasteiger partial charge in [-0.25, -0.2) is 9.59 Å². The van der Waals surface area contributed by atoms with Crippen LogP contribution in [0.2, 0.25) is 0 Å². The Kier molecular flexibility index (Phi) is 7.29. The summed E-state index contributed by atoms with van der Waals surface area (Å²) in [6.45, 7) is 4.36. The van der Waals surface area contributed by atoms with Crippen molar-refractivity contribution in [3.63, 3.8) is 0 Å². The van der Waals surface area contributed by atoms with E-state index < -0.39 is 5.97 Å². The van der Waals surface area contributed by atoms with Gasteiger partial charge in [-0.3, -0.25) is 18.9 Å². The van der Waals surface area contributed by atoms with Crippen molar-refractivity contribution in [2.75, 3.05) is 12.4 Å². The highest BCUT2D eigenvalue weighted by Gasteiger charge is 2.12. The molecule has 2 aromatic carbocycles. The summed E-state index contributed by atoms with van der Waals surface area (Å²) in [6, 6.07) is 17.8. The molecule has 0 bridgehead atoms. The first-order chi connectivity index (χ1) is 17.4. The number of esters is 1. The molecule has 36 heavy (non-hydrogen) atoms. The first kappa shape index (κ1) is 24.5. The summed E-state index contributed by atoms with van der Waals surface area (Å²) in [5, 5.41) is 3.18. The highest BCUT2D eigenvalue weighted by atomic mass is 16.5. The molecule has 0 fully saturated rings. The van der Waals surface area contributed by atoms with E-state index in [-0.39, 0.29) is 23.4 Å². The lowest BCUT2D eigenvalue weighted by Gasteiger charge is -2.17. The molecule has 0 aliphatic rings. The molecular formula is C27H26N4O5. The molecule has 0 atom stereocenters. The lowest BCUT2D eigenvalue weighted by atomic mass is 10.1. The van der Waals surface area contributed by atoms with E-state index in [1.807, 2.05) is 31.2 Å². The molecule has 2 heterocycles. The van der Waals surface area contributed by atoms with E-state index in [0.717, 1.165) is 11.1 Å². The van der Waals surface area contributed by atoms with Gasteiger partial charge >= 0.3 is 11.7 Å². The van der Waals surface area contributed by atoms with Crippen molar-refractivity contribution in [1.82, 2.24) is 14.1 Å². The molecule has 1 N–H and O–H groups in total. The summed E-state index contributed by atoms with van der Waals surface area (Å²) in [4.78, 5) is 41.3. The number of aromatic nitrogens is 3. The van der Waals surface area contributed by atoms with Crippen LogP contribution in [0.15, 0.2) is 82.6 Å². The smallest absolute Gasteiger partial charge is 0.339 e. The Morgan fingerprint density at radius 1 is 0.944 bits per heavy atom. The molecule has 0 saturated carbocycles. The maximum atomic E-state index is 13.1. The van der Waals surface area contributed by atoms with Gasteiger partial charge in [0.15, 0.2) is 0 Å². The molecule has 0 amide bonds. The van der Waals surface area contributed by atoms with E-state index in [1.54, 1.807) is 35.8 Å². The van der Waals surface area contributed by atoms with Crippen molar-refractivity contribution >= 4 is 17.5 Å². The Balaban J connectivity index is 1.58. The second-order valence-corrected chi connectivity index (χ2v) is 8.12. The van der Waals surface area contributed by atoms with E-state index in [0.29, 0.717) is 29.5 Å². The zero-order valence-corrected chi connectivity index (χ0v) is 20.2. The van der Waals surface area contributed by atoms with Gasteiger partial charge in [0.1, 0.15) is 17.3 Å². The van der Waals surface area contributed by atoms with E-state index >= 15 is 0 Å². The third-order valence-corrected chi connectivity index (χ3v) is 5.55. The number of nitrogens with one attached hydrogen (secondary N) is 1. The Labute approximate surface area is 207 Å². The minimum atomic E-state index is -0.505. The lowest BCUT2D eigenvalue weighted by molar-refractivity contribution is 0.0600. The molecule has 2 aromatic heterocycles. The van der Waals surface area contributed by atoms with Gasteiger partial charge in [-0.05, 0) is 49.7 Å². The number of aryl methyl sites for hydroxylation is 1. The van der Waals surface area contributed by atoms with Gasteiger partial charge in [-0.2, -0.15) is 0 Å². The number of hydrogen-bond donors (Lipinski definition) is 1. The SMILES string of the molecule is CCn1c(=O)cc(Nc2ccc(Oc3cncc(C(=O)OC)c3)cc2)n(Cc2ccc(C)cc2)c1=O. The number of rotatable bonds is 8. The van der Waals surface area contributed by atoms with Crippen LogP contribution in [0.3, 0.4) is 0 Å².